The lowest BCUT2D eigenvalue weighted by Gasteiger charge is -2.37. The molecule has 1 N–H and O–H groups in total. The molecule has 3 aliphatic rings. The van der Waals surface area contributed by atoms with Gasteiger partial charge >= 0.3 is 0 Å². The van der Waals surface area contributed by atoms with Crippen LogP contribution < -0.4 is 5.32 Å². The standard InChI is InChI=1S/C51H41NO2/c53-45-20-10-18-43-50(45)49(51-44(52-43)19-11-21-46(51)54)42-32-26-37(27-33-42)36-24-30-41(31-25-36)48(39-16-8-3-9-17-39)47(38-14-6-2-7-15-38)40-28-22-35(23-29-40)34-12-4-1-5-13-34/h1-9,12-17,22-33,49,52H,10-11,18-21H2/b48-47+. The second-order valence-corrected chi connectivity index (χ2v) is 14.5. The molecule has 0 aromatic heterocycles. The van der Waals surface area contributed by atoms with Crippen LogP contribution in [0.15, 0.2) is 186 Å². The highest BCUT2D eigenvalue weighted by Crippen LogP contribution is 2.46. The SMILES string of the molecule is O=C1CCCC2=C1C(c1ccc(-c3ccc(/C(=C(\c4ccccc4)c4ccc(-c5ccccc5)cc4)c4ccccc4)cc3)cc1)C1=C(CCCC1=O)N2. The molecule has 0 amide bonds. The molecule has 0 fully saturated rings. The number of carbonyl (C=O) groups is 2. The molecule has 2 aliphatic carbocycles. The average molecular weight is 700 g/mol. The monoisotopic (exact) mass is 699 g/mol. The highest BCUT2D eigenvalue weighted by atomic mass is 16.1. The first-order valence-corrected chi connectivity index (χ1v) is 19.1. The van der Waals surface area contributed by atoms with Gasteiger partial charge in [-0.25, -0.2) is 0 Å². The maximum atomic E-state index is 13.3. The molecule has 0 atom stereocenters. The Hall–Kier alpha value is -6.32. The molecule has 0 saturated heterocycles. The Morgan fingerprint density at radius 1 is 0.389 bits per heavy atom. The van der Waals surface area contributed by atoms with Gasteiger partial charge in [0.25, 0.3) is 0 Å². The molecule has 262 valence electrons. The predicted molar refractivity (Wildman–Crippen MR) is 219 cm³/mol. The van der Waals surface area contributed by atoms with E-state index in [1.807, 2.05) is 0 Å². The molecule has 1 aliphatic heterocycles. The van der Waals surface area contributed by atoms with Gasteiger partial charge in [0.2, 0.25) is 0 Å². The zero-order chi connectivity index (χ0) is 36.4. The number of allylic oxidation sites excluding steroid dienone is 4. The van der Waals surface area contributed by atoms with Gasteiger partial charge in [-0.15, -0.1) is 0 Å². The van der Waals surface area contributed by atoms with Crippen LogP contribution in [0.25, 0.3) is 33.4 Å². The Morgan fingerprint density at radius 2 is 0.741 bits per heavy atom. The lowest BCUT2D eigenvalue weighted by molar-refractivity contribution is -0.117. The van der Waals surface area contributed by atoms with Crippen molar-refractivity contribution in [1.82, 2.24) is 5.32 Å². The van der Waals surface area contributed by atoms with Crippen molar-refractivity contribution in [3.63, 3.8) is 0 Å². The first-order chi connectivity index (χ1) is 26.6. The number of hydrogen-bond acceptors (Lipinski definition) is 3. The van der Waals surface area contributed by atoms with E-state index in [4.69, 9.17) is 0 Å². The van der Waals surface area contributed by atoms with E-state index in [-0.39, 0.29) is 17.5 Å². The van der Waals surface area contributed by atoms with Crippen molar-refractivity contribution in [3.8, 4) is 22.3 Å². The van der Waals surface area contributed by atoms with Gasteiger partial charge in [-0.1, -0.05) is 164 Å². The highest BCUT2D eigenvalue weighted by molar-refractivity contribution is 6.07. The predicted octanol–water partition coefficient (Wildman–Crippen LogP) is 11.7. The van der Waals surface area contributed by atoms with E-state index in [2.05, 4.69) is 169 Å². The minimum Gasteiger partial charge on any atom is -0.362 e. The number of hydrogen-bond donors (Lipinski definition) is 1. The van der Waals surface area contributed by atoms with Crippen molar-refractivity contribution < 1.29 is 9.59 Å². The fraction of sp³-hybridized carbons (Fsp3) is 0.137. The van der Waals surface area contributed by atoms with Crippen molar-refractivity contribution in [2.75, 3.05) is 0 Å². The average Bonchev–Trinajstić information content (AvgIpc) is 3.23. The van der Waals surface area contributed by atoms with Crippen molar-refractivity contribution in [3.05, 3.63) is 214 Å². The second-order valence-electron chi connectivity index (χ2n) is 14.5. The van der Waals surface area contributed by atoms with Crippen LogP contribution in [0, 0.1) is 0 Å². The molecule has 6 aromatic carbocycles. The smallest absolute Gasteiger partial charge is 0.161 e. The second kappa shape index (κ2) is 14.6. The molecule has 1 heterocycles. The van der Waals surface area contributed by atoms with Gasteiger partial charge in [0, 0.05) is 41.3 Å². The van der Waals surface area contributed by atoms with Crippen LogP contribution in [-0.2, 0) is 9.59 Å². The molecule has 0 unspecified atom stereocenters. The largest absolute Gasteiger partial charge is 0.362 e. The number of rotatable bonds is 7. The molecule has 0 radical (unpaired) electrons. The van der Waals surface area contributed by atoms with Crippen LogP contribution in [0.2, 0.25) is 0 Å². The van der Waals surface area contributed by atoms with Crippen molar-refractivity contribution in [2.24, 2.45) is 0 Å². The summed E-state index contributed by atoms with van der Waals surface area (Å²) in [6.07, 6.45) is 4.52. The van der Waals surface area contributed by atoms with E-state index in [9.17, 15) is 9.59 Å². The van der Waals surface area contributed by atoms with Crippen LogP contribution in [0.1, 0.15) is 72.3 Å². The topological polar surface area (TPSA) is 46.2 Å². The van der Waals surface area contributed by atoms with E-state index < -0.39 is 0 Å². The summed E-state index contributed by atoms with van der Waals surface area (Å²) in [5.41, 5.74) is 16.2. The molecule has 3 heteroatoms. The molecule has 0 saturated carbocycles. The third-order valence-corrected chi connectivity index (χ3v) is 11.2. The summed E-state index contributed by atoms with van der Waals surface area (Å²) in [4.78, 5) is 26.7. The first kappa shape index (κ1) is 33.5. The van der Waals surface area contributed by atoms with Gasteiger partial charge in [0.05, 0.1) is 0 Å². The minimum atomic E-state index is -0.287. The summed E-state index contributed by atoms with van der Waals surface area (Å²) in [5.74, 6) is 0.0512. The van der Waals surface area contributed by atoms with Crippen LogP contribution >= 0.6 is 0 Å². The van der Waals surface area contributed by atoms with E-state index in [0.29, 0.717) is 12.8 Å². The summed E-state index contributed by atoms with van der Waals surface area (Å²) >= 11 is 0. The first-order valence-electron chi connectivity index (χ1n) is 19.1. The van der Waals surface area contributed by atoms with Gasteiger partial charge in [-0.2, -0.15) is 0 Å². The molecule has 3 nitrogen and oxygen atoms in total. The number of dihydropyridines is 1. The number of carbonyl (C=O) groups excluding carboxylic acids is 2. The molecule has 54 heavy (non-hydrogen) atoms. The van der Waals surface area contributed by atoms with Gasteiger partial charge in [0.15, 0.2) is 11.6 Å². The Morgan fingerprint density at radius 3 is 1.17 bits per heavy atom. The zero-order valence-corrected chi connectivity index (χ0v) is 30.2. The lowest BCUT2D eigenvalue weighted by Crippen LogP contribution is -2.36. The maximum Gasteiger partial charge on any atom is 0.161 e. The fourth-order valence-corrected chi connectivity index (χ4v) is 8.59. The van der Waals surface area contributed by atoms with Gasteiger partial charge in [0.1, 0.15) is 0 Å². The third-order valence-electron chi connectivity index (χ3n) is 11.2. The Labute approximate surface area is 317 Å². The molecule has 0 spiro atoms. The van der Waals surface area contributed by atoms with Gasteiger partial charge < -0.3 is 5.32 Å². The number of ketones is 2. The normalized spacial score (nSPS) is 16.4. The molecule has 0 bridgehead atoms. The summed E-state index contributed by atoms with van der Waals surface area (Å²) in [6, 6.07) is 58.2. The lowest BCUT2D eigenvalue weighted by atomic mass is 9.71. The zero-order valence-electron chi connectivity index (χ0n) is 30.2. The minimum absolute atomic E-state index is 0.169. The van der Waals surface area contributed by atoms with Gasteiger partial charge in [-0.3, -0.25) is 9.59 Å². The summed E-state index contributed by atoms with van der Waals surface area (Å²) < 4.78 is 0. The van der Waals surface area contributed by atoms with Crippen LogP contribution in [-0.4, -0.2) is 11.6 Å². The van der Waals surface area contributed by atoms with Crippen LogP contribution in [0.5, 0.6) is 0 Å². The number of benzene rings is 6. The van der Waals surface area contributed by atoms with Crippen LogP contribution in [0.3, 0.4) is 0 Å². The number of nitrogens with one attached hydrogen (secondary N) is 1. The fourth-order valence-electron chi connectivity index (χ4n) is 8.59. The summed E-state index contributed by atoms with van der Waals surface area (Å²) in [6.45, 7) is 0. The van der Waals surface area contributed by atoms with E-state index in [0.717, 1.165) is 87.2 Å². The van der Waals surface area contributed by atoms with Crippen LogP contribution in [0.4, 0.5) is 0 Å². The summed E-state index contributed by atoms with van der Waals surface area (Å²) in [7, 11) is 0. The molecular weight excluding hydrogens is 659 g/mol. The molecular formula is C51H41NO2. The highest BCUT2D eigenvalue weighted by Gasteiger charge is 2.40. The van der Waals surface area contributed by atoms with Gasteiger partial charge in [-0.05, 0) is 86.9 Å². The van der Waals surface area contributed by atoms with E-state index in [1.165, 1.54) is 22.3 Å². The quantitative estimate of drug-likeness (QED) is 0.169. The van der Waals surface area contributed by atoms with Crippen molar-refractivity contribution in [2.45, 2.75) is 44.4 Å². The van der Waals surface area contributed by atoms with E-state index in [1.54, 1.807) is 0 Å². The van der Waals surface area contributed by atoms with E-state index >= 15 is 0 Å². The molecule has 9 rings (SSSR count). The molecule has 6 aromatic rings. The summed E-state index contributed by atoms with van der Waals surface area (Å²) in [5, 5.41) is 3.53. The third kappa shape index (κ3) is 6.37. The van der Waals surface area contributed by atoms with Crippen molar-refractivity contribution in [1.29, 1.82) is 0 Å². The van der Waals surface area contributed by atoms with Crippen molar-refractivity contribution >= 4 is 22.7 Å². The Balaban J connectivity index is 1.10. The number of Topliss-reactive ketones (excluding diaryl/α,β-unsaturated/α-hetero) is 2. The maximum absolute atomic E-state index is 13.3. The Bertz CT molecular complexity index is 2390. The Kier molecular flexibility index (Phi) is 9.06.